The lowest BCUT2D eigenvalue weighted by molar-refractivity contribution is -0.155. The number of hydrogen-bond donors (Lipinski definition) is 1. The molecule has 0 saturated heterocycles. The molecule has 6 heteroatoms. The molecule has 116 valence electrons. The molecule has 2 N–H and O–H groups in total. The highest BCUT2D eigenvalue weighted by Gasteiger charge is 2.17. The zero-order chi connectivity index (χ0) is 16.2. The molecular formula is C15H20ClNO4. The number of hydrogen-bond acceptors (Lipinski definition) is 4. The van der Waals surface area contributed by atoms with Crippen molar-refractivity contribution < 1.29 is 19.1 Å². The number of aryl methyl sites for hydroxylation is 1. The molecule has 0 aliphatic carbocycles. The summed E-state index contributed by atoms with van der Waals surface area (Å²) in [5, 5.41) is 0.649. The zero-order valence-electron chi connectivity index (χ0n) is 12.6. The number of esters is 1. The van der Waals surface area contributed by atoms with Gasteiger partial charge in [0.05, 0.1) is 0 Å². The molecule has 1 rings (SSSR count). The van der Waals surface area contributed by atoms with Crippen LogP contribution in [0.15, 0.2) is 12.1 Å². The first-order valence-electron chi connectivity index (χ1n) is 6.64. The van der Waals surface area contributed by atoms with E-state index in [4.69, 9.17) is 26.8 Å². The number of benzene rings is 1. The van der Waals surface area contributed by atoms with E-state index in [0.717, 1.165) is 11.1 Å². The van der Waals surface area contributed by atoms with Crippen LogP contribution in [0.4, 0.5) is 0 Å². The minimum atomic E-state index is -0.974. The molecule has 0 aliphatic rings. The predicted molar refractivity (Wildman–Crippen MR) is 80.5 cm³/mol. The van der Waals surface area contributed by atoms with E-state index in [1.165, 1.54) is 6.92 Å². The van der Waals surface area contributed by atoms with Gasteiger partial charge in [-0.25, -0.2) is 4.79 Å². The van der Waals surface area contributed by atoms with Crippen molar-refractivity contribution in [2.75, 3.05) is 6.61 Å². The van der Waals surface area contributed by atoms with Gasteiger partial charge in [-0.1, -0.05) is 25.4 Å². The standard InChI is InChI=1S/C15H20ClNO4/c1-8(2)11-6-12(16)9(3)5-13(11)20-7-14(18)21-10(4)15(17)19/h5-6,8,10H,7H2,1-4H3,(H2,17,19). The fraction of sp³-hybridized carbons (Fsp3) is 0.467. The topological polar surface area (TPSA) is 78.6 Å². The summed E-state index contributed by atoms with van der Waals surface area (Å²) < 4.78 is 10.3. The number of carbonyl (C=O) groups excluding carboxylic acids is 2. The Hall–Kier alpha value is -1.75. The molecule has 21 heavy (non-hydrogen) atoms. The highest BCUT2D eigenvalue weighted by atomic mass is 35.5. The van der Waals surface area contributed by atoms with Crippen LogP contribution in [0.25, 0.3) is 0 Å². The fourth-order valence-electron chi connectivity index (χ4n) is 1.67. The van der Waals surface area contributed by atoms with Crippen molar-refractivity contribution in [3.63, 3.8) is 0 Å². The van der Waals surface area contributed by atoms with Gasteiger partial charge in [0.15, 0.2) is 12.7 Å². The quantitative estimate of drug-likeness (QED) is 0.819. The van der Waals surface area contributed by atoms with E-state index in [1.807, 2.05) is 26.8 Å². The number of nitrogens with two attached hydrogens (primary N) is 1. The number of halogens is 1. The normalized spacial score (nSPS) is 12.1. The molecule has 0 heterocycles. The maximum absolute atomic E-state index is 11.6. The van der Waals surface area contributed by atoms with Gasteiger partial charge in [-0.05, 0) is 43.0 Å². The van der Waals surface area contributed by atoms with Crippen LogP contribution >= 0.6 is 11.6 Å². The summed E-state index contributed by atoms with van der Waals surface area (Å²) in [5.41, 5.74) is 6.78. The monoisotopic (exact) mass is 313 g/mol. The molecule has 0 aromatic heterocycles. The average Bonchev–Trinajstić information content (AvgIpc) is 2.39. The lowest BCUT2D eigenvalue weighted by Gasteiger charge is -2.16. The van der Waals surface area contributed by atoms with Gasteiger partial charge in [-0.2, -0.15) is 0 Å². The summed E-state index contributed by atoms with van der Waals surface area (Å²) in [6.07, 6.45) is -0.974. The van der Waals surface area contributed by atoms with Crippen LogP contribution in [0.2, 0.25) is 5.02 Å². The van der Waals surface area contributed by atoms with Crippen LogP contribution in [0.5, 0.6) is 5.75 Å². The second kappa shape index (κ2) is 7.31. The Morgan fingerprint density at radius 3 is 2.43 bits per heavy atom. The summed E-state index contributed by atoms with van der Waals surface area (Å²) in [5.74, 6) is -0.577. The molecule has 1 aromatic carbocycles. The van der Waals surface area contributed by atoms with E-state index in [-0.39, 0.29) is 12.5 Å². The second-order valence-corrected chi connectivity index (χ2v) is 5.52. The van der Waals surface area contributed by atoms with Crippen LogP contribution < -0.4 is 10.5 Å². The minimum Gasteiger partial charge on any atom is -0.482 e. The summed E-state index contributed by atoms with van der Waals surface area (Å²) in [7, 11) is 0. The third kappa shape index (κ3) is 4.93. The number of rotatable bonds is 6. The molecule has 1 unspecified atom stereocenters. The van der Waals surface area contributed by atoms with Crippen molar-refractivity contribution in [2.45, 2.75) is 39.7 Å². The van der Waals surface area contributed by atoms with Gasteiger partial charge < -0.3 is 15.2 Å². The van der Waals surface area contributed by atoms with Crippen molar-refractivity contribution in [1.82, 2.24) is 0 Å². The molecule has 5 nitrogen and oxygen atoms in total. The van der Waals surface area contributed by atoms with Crippen LogP contribution in [-0.4, -0.2) is 24.6 Å². The summed E-state index contributed by atoms with van der Waals surface area (Å²) >= 11 is 6.10. The molecule has 0 fully saturated rings. The second-order valence-electron chi connectivity index (χ2n) is 5.12. The number of ether oxygens (including phenoxy) is 2. The Balaban J connectivity index is 2.77. The Kier molecular flexibility index (Phi) is 6.03. The van der Waals surface area contributed by atoms with Crippen molar-refractivity contribution in [2.24, 2.45) is 5.73 Å². The lowest BCUT2D eigenvalue weighted by Crippen LogP contribution is -2.32. The highest BCUT2D eigenvalue weighted by Crippen LogP contribution is 2.31. The first-order valence-corrected chi connectivity index (χ1v) is 7.01. The van der Waals surface area contributed by atoms with E-state index < -0.39 is 18.0 Å². The zero-order valence-corrected chi connectivity index (χ0v) is 13.4. The smallest absolute Gasteiger partial charge is 0.344 e. The van der Waals surface area contributed by atoms with E-state index in [1.54, 1.807) is 6.07 Å². The SMILES string of the molecule is Cc1cc(OCC(=O)OC(C)C(N)=O)c(C(C)C)cc1Cl. The molecular weight excluding hydrogens is 294 g/mol. The van der Waals surface area contributed by atoms with Gasteiger partial charge >= 0.3 is 5.97 Å². The maximum Gasteiger partial charge on any atom is 0.344 e. The van der Waals surface area contributed by atoms with Crippen LogP contribution in [-0.2, 0) is 14.3 Å². The molecule has 0 spiro atoms. The van der Waals surface area contributed by atoms with Gasteiger partial charge in [-0.3, -0.25) is 4.79 Å². The summed E-state index contributed by atoms with van der Waals surface area (Å²) in [6, 6.07) is 3.61. The van der Waals surface area contributed by atoms with Gasteiger partial charge in [-0.15, -0.1) is 0 Å². The Morgan fingerprint density at radius 2 is 1.90 bits per heavy atom. The number of amides is 1. The molecule has 1 atom stereocenters. The summed E-state index contributed by atoms with van der Waals surface area (Å²) in [4.78, 5) is 22.4. The molecule has 1 amide bonds. The van der Waals surface area contributed by atoms with Gasteiger partial charge in [0.1, 0.15) is 5.75 Å². The van der Waals surface area contributed by atoms with E-state index in [2.05, 4.69) is 0 Å². The van der Waals surface area contributed by atoms with Gasteiger partial charge in [0.2, 0.25) is 0 Å². The Morgan fingerprint density at radius 1 is 1.29 bits per heavy atom. The molecule has 0 radical (unpaired) electrons. The molecule has 1 aromatic rings. The van der Waals surface area contributed by atoms with Crippen molar-refractivity contribution in [3.05, 3.63) is 28.3 Å². The Bertz CT molecular complexity index is 543. The third-order valence-electron chi connectivity index (χ3n) is 2.97. The molecule has 0 aliphatic heterocycles. The van der Waals surface area contributed by atoms with Crippen LogP contribution in [0.1, 0.15) is 37.8 Å². The highest BCUT2D eigenvalue weighted by molar-refractivity contribution is 6.31. The lowest BCUT2D eigenvalue weighted by atomic mass is 10.0. The van der Waals surface area contributed by atoms with Crippen LogP contribution in [0.3, 0.4) is 0 Å². The first-order chi connectivity index (χ1) is 9.72. The largest absolute Gasteiger partial charge is 0.482 e. The fourth-order valence-corrected chi connectivity index (χ4v) is 1.84. The van der Waals surface area contributed by atoms with E-state index in [9.17, 15) is 9.59 Å². The maximum atomic E-state index is 11.6. The van der Waals surface area contributed by atoms with E-state index >= 15 is 0 Å². The third-order valence-corrected chi connectivity index (χ3v) is 3.37. The van der Waals surface area contributed by atoms with E-state index in [0.29, 0.717) is 10.8 Å². The van der Waals surface area contributed by atoms with Crippen molar-refractivity contribution >= 4 is 23.5 Å². The first kappa shape index (κ1) is 17.3. The Labute approximate surface area is 129 Å². The molecule has 0 saturated carbocycles. The predicted octanol–water partition coefficient (Wildman–Crippen LogP) is 2.57. The summed E-state index contributed by atoms with van der Waals surface area (Å²) in [6.45, 7) is 6.97. The number of carbonyl (C=O) groups is 2. The van der Waals surface area contributed by atoms with Crippen LogP contribution in [0, 0.1) is 6.92 Å². The van der Waals surface area contributed by atoms with Gasteiger partial charge in [0.25, 0.3) is 5.91 Å². The van der Waals surface area contributed by atoms with Crippen molar-refractivity contribution in [3.8, 4) is 5.75 Å². The molecule has 0 bridgehead atoms. The average molecular weight is 314 g/mol. The van der Waals surface area contributed by atoms with Gasteiger partial charge in [0, 0.05) is 5.02 Å². The van der Waals surface area contributed by atoms with Crippen molar-refractivity contribution in [1.29, 1.82) is 0 Å². The minimum absolute atomic E-state index is 0.193. The number of primary amides is 1.